The number of nitrogens with one attached hydrogen (secondary N) is 1. The molecule has 5 aliphatic rings. The number of likely N-dealkylation sites (tertiary alicyclic amines) is 1. The van der Waals surface area contributed by atoms with E-state index < -0.39 is 0 Å². The molecule has 1 aromatic carbocycles. The highest BCUT2D eigenvalue weighted by Crippen LogP contribution is 2.65. The van der Waals surface area contributed by atoms with E-state index in [4.69, 9.17) is 11.6 Å². The third-order valence-corrected chi connectivity index (χ3v) is 6.62. The maximum Gasteiger partial charge on any atom is 0.235 e. The summed E-state index contributed by atoms with van der Waals surface area (Å²) in [6.07, 6.45) is 5.59. The van der Waals surface area contributed by atoms with E-state index >= 15 is 0 Å². The van der Waals surface area contributed by atoms with E-state index in [9.17, 15) is 9.59 Å². The smallest absolute Gasteiger partial charge is 0.235 e. The van der Waals surface area contributed by atoms with Crippen LogP contribution in [-0.4, -0.2) is 23.4 Å². The number of anilines is 1. The van der Waals surface area contributed by atoms with Gasteiger partial charge in [-0.2, -0.15) is 0 Å². The molecule has 6 rings (SSSR count). The van der Waals surface area contributed by atoms with E-state index in [1.165, 1.54) is 11.3 Å². The highest BCUT2D eigenvalue weighted by atomic mass is 35.5. The molecule has 24 heavy (non-hydrogen) atoms. The summed E-state index contributed by atoms with van der Waals surface area (Å²) in [4.78, 5) is 27.2. The predicted octanol–water partition coefficient (Wildman–Crippen LogP) is 3.07. The Kier molecular flexibility index (Phi) is 2.94. The van der Waals surface area contributed by atoms with Crippen LogP contribution in [0.1, 0.15) is 12.0 Å². The van der Waals surface area contributed by atoms with E-state index in [1.807, 2.05) is 25.1 Å². The van der Waals surface area contributed by atoms with Crippen molar-refractivity contribution in [2.45, 2.75) is 13.3 Å². The van der Waals surface area contributed by atoms with Gasteiger partial charge < -0.3 is 5.32 Å². The van der Waals surface area contributed by atoms with Crippen molar-refractivity contribution < 1.29 is 9.59 Å². The summed E-state index contributed by atoms with van der Waals surface area (Å²) >= 11 is 6.04. The summed E-state index contributed by atoms with van der Waals surface area (Å²) in [6, 6.07) is 5.59. The molecule has 1 N–H and O–H groups in total. The molecule has 6 atom stereocenters. The minimum Gasteiger partial charge on any atom is -0.367 e. The number of allylic oxidation sites excluding steroid dienone is 2. The molecule has 0 aromatic heterocycles. The van der Waals surface area contributed by atoms with E-state index in [2.05, 4.69) is 17.5 Å². The topological polar surface area (TPSA) is 49.4 Å². The van der Waals surface area contributed by atoms with Crippen molar-refractivity contribution in [2.75, 3.05) is 12.0 Å². The second-order valence-corrected chi connectivity index (χ2v) is 7.99. The molecule has 1 saturated heterocycles. The van der Waals surface area contributed by atoms with Crippen LogP contribution in [0, 0.1) is 42.4 Å². The molecular formula is C19H19ClN2O2. The molecule has 4 nitrogen and oxygen atoms in total. The van der Waals surface area contributed by atoms with Gasteiger partial charge in [0.25, 0.3) is 0 Å². The standard InChI is InChI=1S/C19H19ClN2O2/c1-9-2-3-10(20)6-15(9)21-8-22-18(23)16-11-4-5-12(14-7-13(11)14)17(16)19(22)24/h2-6,11-14,16-17,21H,7-8H2,1H3/t11-,12-,13+,14+,16-,17-/m1/s1. The summed E-state index contributed by atoms with van der Waals surface area (Å²) in [6.45, 7) is 2.20. The minimum atomic E-state index is -0.126. The maximum atomic E-state index is 12.9. The number of rotatable bonds is 3. The van der Waals surface area contributed by atoms with E-state index in [-0.39, 0.29) is 42.2 Å². The molecule has 0 spiro atoms. The van der Waals surface area contributed by atoms with Gasteiger partial charge in [0.1, 0.15) is 0 Å². The fourth-order valence-electron chi connectivity index (χ4n) is 5.12. The first-order chi connectivity index (χ1) is 11.6. The van der Waals surface area contributed by atoms with Crippen molar-refractivity contribution in [1.29, 1.82) is 0 Å². The van der Waals surface area contributed by atoms with Crippen LogP contribution in [0.4, 0.5) is 5.69 Å². The third kappa shape index (κ3) is 1.86. The van der Waals surface area contributed by atoms with Crippen molar-refractivity contribution in [3.05, 3.63) is 40.9 Å². The number of imide groups is 1. The lowest BCUT2D eigenvalue weighted by molar-refractivity contribution is -0.139. The van der Waals surface area contributed by atoms with E-state index in [1.54, 1.807) is 0 Å². The number of carbonyl (C=O) groups is 2. The number of aryl methyl sites for hydroxylation is 1. The third-order valence-electron chi connectivity index (χ3n) is 6.38. The van der Waals surface area contributed by atoms with E-state index in [0.717, 1.165) is 11.3 Å². The molecule has 1 aromatic rings. The van der Waals surface area contributed by atoms with Crippen LogP contribution in [0.15, 0.2) is 30.4 Å². The van der Waals surface area contributed by atoms with Crippen LogP contribution >= 0.6 is 11.6 Å². The van der Waals surface area contributed by atoms with Crippen LogP contribution in [-0.2, 0) is 9.59 Å². The molecule has 2 saturated carbocycles. The van der Waals surface area contributed by atoms with Gasteiger partial charge in [-0.05, 0) is 54.7 Å². The Labute approximate surface area is 145 Å². The van der Waals surface area contributed by atoms with Gasteiger partial charge in [-0.3, -0.25) is 14.5 Å². The van der Waals surface area contributed by atoms with Crippen LogP contribution in [0.2, 0.25) is 5.02 Å². The number of hydrogen-bond donors (Lipinski definition) is 1. The highest BCUT2D eigenvalue weighted by molar-refractivity contribution is 6.30. The largest absolute Gasteiger partial charge is 0.367 e. The number of benzene rings is 1. The first-order valence-electron chi connectivity index (χ1n) is 8.60. The van der Waals surface area contributed by atoms with Gasteiger partial charge in [0.15, 0.2) is 0 Å². The SMILES string of the molecule is Cc1ccc(Cl)cc1NCN1C(=O)[C@@H]2[C@@H]3C=C[C@H]([C@@H]4C[C@@H]34)[C@H]2C1=O. The molecule has 0 unspecified atom stereocenters. The van der Waals surface area contributed by atoms with Crippen molar-refractivity contribution in [2.24, 2.45) is 35.5 Å². The Morgan fingerprint density at radius 3 is 2.38 bits per heavy atom. The summed E-state index contributed by atoms with van der Waals surface area (Å²) < 4.78 is 0. The fraction of sp³-hybridized carbons (Fsp3) is 0.474. The van der Waals surface area contributed by atoms with Gasteiger partial charge in [0.05, 0.1) is 18.5 Å². The molecular weight excluding hydrogens is 324 g/mol. The molecule has 4 aliphatic carbocycles. The van der Waals surface area contributed by atoms with Crippen molar-refractivity contribution in [3.8, 4) is 0 Å². The zero-order chi connectivity index (χ0) is 16.6. The number of carbonyl (C=O) groups excluding carboxylic acids is 2. The molecule has 3 fully saturated rings. The first kappa shape index (κ1) is 14.5. The average molecular weight is 343 g/mol. The Morgan fingerprint density at radius 1 is 1.12 bits per heavy atom. The zero-order valence-electron chi connectivity index (χ0n) is 13.4. The van der Waals surface area contributed by atoms with Gasteiger partial charge in [0.2, 0.25) is 11.8 Å². The Morgan fingerprint density at radius 2 is 1.75 bits per heavy atom. The summed E-state index contributed by atoms with van der Waals surface area (Å²) in [5.74, 6) is 1.58. The summed E-state index contributed by atoms with van der Waals surface area (Å²) in [5.41, 5.74) is 1.90. The Bertz CT molecular complexity index is 754. The van der Waals surface area contributed by atoms with Gasteiger partial charge in [-0.15, -0.1) is 0 Å². The maximum absolute atomic E-state index is 12.9. The van der Waals surface area contributed by atoms with E-state index in [0.29, 0.717) is 16.9 Å². The lowest BCUT2D eigenvalue weighted by atomic mass is 9.63. The second kappa shape index (κ2) is 4.85. The van der Waals surface area contributed by atoms with Crippen LogP contribution < -0.4 is 5.32 Å². The Hall–Kier alpha value is -1.81. The van der Waals surface area contributed by atoms with Crippen LogP contribution in [0.5, 0.6) is 0 Å². The lowest BCUT2D eigenvalue weighted by Gasteiger charge is -2.37. The zero-order valence-corrected chi connectivity index (χ0v) is 14.2. The summed E-state index contributed by atoms with van der Waals surface area (Å²) in [5, 5.41) is 3.86. The summed E-state index contributed by atoms with van der Waals surface area (Å²) in [7, 11) is 0. The van der Waals surface area contributed by atoms with Gasteiger partial charge in [-0.25, -0.2) is 0 Å². The second-order valence-electron chi connectivity index (χ2n) is 7.55. The minimum absolute atomic E-state index is 0.00174. The quantitative estimate of drug-likeness (QED) is 0.678. The molecule has 1 aliphatic heterocycles. The lowest BCUT2D eigenvalue weighted by Crippen LogP contribution is -2.40. The molecule has 5 heteroatoms. The molecule has 0 radical (unpaired) electrons. The normalized spacial score (nSPS) is 38.3. The molecule has 2 bridgehead atoms. The highest BCUT2D eigenvalue weighted by Gasteiger charge is 2.66. The molecule has 2 amide bonds. The molecule has 1 heterocycles. The van der Waals surface area contributed by atoms with Crippen molar-refractivity contribution >= 4 is 29.1 Å². The van der Waals surface area contributed by atoms with Crippen molar-refractivity contribution in [1.82, 2.24) is 4.90 Å². The predicted molar refractivity (Wildman–Crippen MR) is 91.2 cm³/mol. The fourth-order valence-corrected chi connectivity index (χ4v) is 5.30. The van der Waals surface area contributed by atoms with Gasteiger partial charge >= 0.3 is 0 Å². The van der Waals surface area contributed by atoms with Crippen LogP contribution in [0.3, 0.4) is 0 Å². The van der Waals surface area contributed by atoms with Crippen LogP contribution in [0.25, 0.3) is 0 Å². The number of hydrogen-bond acceptors (Lipinski definition) is 3. The number of halogens is 1. The molecule has 124 valence electrons. The monoisotopic (exact) mass is 342 g/mol. The number of nitrogens with zero attached hydrogens (tertiary/aromatic N) is 1. The van der Waals surface area contributed by atoms with Gasteiger partial charge in [0, 0.05) is 10.7 Å². The van der Waals surface area contributed by atoms with Crippen molar-refractivity contribution in [3.63, 3.8) is 0 Å². The first-order valence-corrected chi connectivity index (χ1v) is 8.97. The number of amides is 2. The Balaban J connectivity index is 1.38. The van der Waals surface area contributed by atoms with Gasteiger partial charge in [-0.1, -0.05) is 29.8 Å². The average Bonchev–Trinajstić information content (AvgIpc) is 3.35.